The van der Waals surface area contributed by atoms with Crippen molar-refractivity contribution in [1.29, 1.82) is 0 Å². The van der Waals surface area contributed by atoms with E-state index in [1.54, 1.807) is 18.2 Å². The van der Waals surface area contributed by atoms with Crippen LogP contribution in [0.25, 0.3) is 0 Å². The number of amides is 1. The van der Waals surface area contributed by atoms with E-state index in [0.717, 1.165) is 32.1 Å². The van der Waals surface area contributed by atoms with Crippen molar-refractivity contribution in [2.75, 3.05) is 31.5 Å². The first-order valence-electron chi connectivity index (χ1n) is 7.72. The lowest BCUT2D eigenvalue weighted by Crippen LogP contribution is -2.40. The Hall–Kier alpha value is -1.46. The van der Waals surface area contributed by atoms with Crippen LogP contribution in [0.15, 0.2) is 24.3 Å². The van der Waals surface area contributed by atoms with Crippen molar-refractivity contribution in [3.63, 3.8) is 0 Å². The molecule has 1 amide bonds. The zero-order valence-electron chi connectivity index (χ0n) is 12.1. The number of likely N-dealkylation sites (tertiary alicyclic amines) is 1. The van der Waals surface area contributed by atoms with Crippen molar-refractivity contribution in [1.82, 2.24) is 10.2 Å². The van der Waals surface area contributed by atoms with E-state index in [2.05, 4.69) is 15.5 Å². The predicted molar refractivity (Wildman–Crippen MR) is 80.6 cm³/mol. The molecule has 2 atom stereocenters. The van der Waals surface area contributed by atoms with Crippen LogP contribution in [-0.2, 0) is 4.79 Å². The lowest BCUT2D eigenvalue weighted by atomic mass is 9.94. The summed E-state index contributed by atoms with van der Waals surface area (Å²) in [6, 6.07) is 6.86. The highest BCUT2D eigenvalue weighted by atomic mass is 19.1. The van der Waals surface area contributed by atoms with E-state index in [0.29, 0.717) is 12.5 Å². The molecule has 0 saturated carbocycles. The number of nitrogens with one attached hydrogen (secondary N) is 2. The minimum absolute atomic E-state index is 0.122. The van der Waals surface area contributed by atoms with Crippen molar-refractivity contribution in [2.24, 2.45) is 5.92 Å². The van der Waals surface area contributed by atoms with E-state index in [9.17, 15) is 9.18 Å². The number of rotatable bonds is 4. The Morgan fingerprint density at radius 1 is 1.38 bits per heavy atom. The van der Waals surface area contributed by atoms with Gasteiger partial charge in [-0.25, -0.2) is 4.39 Å². The maximum absolute atomic E-state index is 13.5. The van der Waals surface area contributed by atoms with Gasteiger partial charge in [-0.2, -0.15) is 0 Å². The Balaban J connectivity index is 1.45. The molecule has 0 unspecified atom stereocenters. The fourth-order valence-electron chi connectivity index (χ4n) is 3.35. The maximum Gasteiger partial charge on any atom is 0.225 e. The molecule has 21 heavy (non-hydrogen) atoms. The highest BCUT2D eigenvalue weighted by Crippen LogP contribution is 2.24. The second-order valence-corrected chi connectivity index (χ2v) is 6.00. The van der Waals surface area contributed by atoms with E-state index >= 15 is 0 Å². The molecule has 0 aliphatic carbocycles. The molecule has 2 saturated heterocycles. The third-order valence-electron chi connectivity index (χ3n) is 4.48. The Morgan fingerprint density at radius 2 is 2.24 bits per heavy atom. The molecule has 4 nitrogen and oxygen atoms in total. The van der Waals surface area contributed by atoms with Gasteiger partial charge in [-0.3, -0.25) is 4.79 Å². The minimum atomic E-state index is -0.387. The Labute approximate surface area is 124 Å². The number of halogens is 1. The highest BCUT2D eigenvalue weighted by molar-refractivity contribution is 5.90. The lowest BCUT2D eigenvalue weighted by molar-refractivity contribution is -0.116. The van der Waals surface area contributed by atoms with E-state index in [-0.39, 0.29) is 17.4 Å². The molecule has 1 aromatic carbocycles. The van der Waals surface area contributed by atoms with Crippen molar-refractivity contribution < 1.29 is 9.18 Å². The number of benzene rings is 1. The summed E-state index contributed by atoms with van der Waals surface area (Å²) in [7, 11) is 0. The number of hydrogen-bond donors (Lipinski definition) is 2. The molecule has 114 valence electrons. The molecule has 2 heterocycles. The fraction of sp³-hybridized carbons (Fsp3) is 0.562. The SMILES string of the molecule is O=C(CCN1C[C@@H]2CCCN[C@@H]2C1)Nc1ccccc1F. The van der Waals surface area contributed by atoms with Crippen LogP contribution in [0.2, 0.25) is 0 Å². The minimum Gasteiger partial charge on any atom is -0.324 e. The quantitative estimate of drug-likeness (QED) is 0.889. The second-order valence-electron chi connectivity index (χ2n) is 6.00. The lowest BCUT2D eigenvalue weighted by Gasteiger charge is -2.24. The van der Waals surface area contributed by atoms with Crippen LogP contribution in [0.5, 0.6) is 0 Å². The average Bonchev–Trinajstić information content (AvgIpc) is 2.90. The largest absolute Gasteiger partial charge is 0.324 e. The molecule has 0 bridgehead atoms. The summed E-state index contributed by atoms with van der Waals surface area (Å²) in [6.45, 7) is 3.96. The van der Waals surface area contributed by atoms with Crippen LogP contribution in [0.1, 0.15) is 19.3 Å². The molecule has 3 rings (SSSR count). The molecule has 2 aliphatic heterocycles. The van der Waals surface area contributed by atoms with E-state index in [1.807, 2.05) is 0 Å². The number of carbonyl (C=O) groups excluding carboxylic acids is 1. The number of para-hydroxylation sites is 1. The van der Waals surface area contributed by atoms with Gasteiger partial charge in [-0.05, 0) is 37.4 Å². The molecular formula is C16H22FN3O. The molecule has 2 fully saturated rings. The average molecular weight is 291 g/mol. The standard InChI is InChI=1S/C16H22FN3O/c17-13-5-1-2-6-14(13)19-16(21)7-9-20-10-12-4-3-8-18-15(12)11-20/h1-2,5-6,12,15,18H,3-4,7-11H2,(H,19,21)/t12-,15+/m0/s1. The summed E-state index contributed by atoms with van der Waals surface area (Å²) in [6.07, 6.45) is 2.95. The Kier molecular flexibility index (Phi) is 4.51. The molecule has 0 aromatic heterocycles. The predicted octanol–water partition coefficient (Wildman–Crippen LogP) is 1.84. The number of nitrogens with zero attached hydrogens (tertiary/aromatic N) is 1. The van der Waals surface area contributed by atoms with Gasteiger partial charge in [0.1, 0.15) is 5.82 Å². The van der Waals surface area contributed by atoms with Gasteiger partial charge in [0.05, 0.1) is 5.69 Å². The highest BCUT2D eigenvalue weighted by Gasteiger charge is 2.33. The second kappa shape index (κ2) is 6.54. The van der Waals surface area contributed by atoms with Gasteiger partial charge in [0.25, 0.3) is 0 Å². The van der Waals surface area contributed by atoms with Gasteiger partial charge >= 0.3 is 0 Å². The van der Waals surface area contributed by atoms with Crippen LogP contribution in [0.4, 0.5) is 10.1 Å². The van der Waals surface area contributed by atoms with Crippen LogP contribution >= 0.6 is 0 Å². The number of piperidine rings is 1. The van der Waals surface area contributed by atoms with Gasteiger partial charge < -0.3 is 15.5 Å². The Morgan fingerprint density at radius 3 is 3.05 bits per heavy atom. The summed E-state index contributed by atoms with van der Waals surface area (Å²) in [5.74, 6) is 0.221. The monoisotopic (exact) mass is 291 g/mol. The van der Waals surface area contributed by atoms with Gasteiger partial charge in [0, 0.05) is 32.1 Å². The van der Waals surface area contributed by atoms with Crippen molar-refractivity contribution >= 4 is 11.6 Å². The van der Waals surface area contributed by atoms with Crippen LogP contribution in [-0.4, -0.2) is 43.0 Å². The third-order valence-corrected chi connectivity index (χ3v) is 4.48. The van der Waals surface area contributed by atoms with E-state index in [4.69, 9.17) is 0 Å². The van der Waals surface area contributed by atoms with E-state index in [1.165, 1.54) is 18.9 Å². The molecule has 2 aliphatic rings. The molecule has 0 radical (unpaired) electrons. The topological polar surface area (TPSA) is 44.4 Å². The summed E-state index contributed by atoms with van der Waals surface area (Å²) >= 11 is 0. The number of hydrogen-bond acceptors (Lipinski definition) is 3. The zero-order chi connectivity index (χ0) is 14.7. The van der Waals surface area contributed by atoms with Gasteiger partial charge in [0.2, 0.25) is 5.91 Å². The summed E-state index contributed by atoms with van der Waals surface area (Å²) in [5.41, 5.74) is 0.263. The first kappa shape index (κ1) is 14.5. The maximum atomic E-state index is 13.5. The van der Waals surface area contributed by atoms with E-state index < -0.39 is 0 Å². The first-order valence-corrected chi connectivity index (χ1v) is 7.72. The van der Waals surface area contributed by atoms with Crippen LogP contribution in [0, 0.1) is 11.7 Å². The summed E-state index contributed by atoms with van der Waals surface area (Å²) < 4.78 is 13.5. The zero-order valence-corrected chi connectivity index (χ0v) is 12.1. The number of anilines is 1. The third kappa shape index (κ3) is 3.60. The van der Waals surface area contributed by atoms with Crippen molar-refractivity contribution in [3.8, 4) is 0 Å². The molecule has 0 spiro atoms. The molecule has 5 heteroatoms. The number of carbonyl (C=O) groups is 1. The molecule has 2 N–H and O–H groups in total. The van der Waals surface area contributed by atoms with Gasteiger partial charge in [-0.15, -0.1) is 0 Å². The van der Waals surface area contributed by atoms with Crippen LogP contribution in [0.3, 0.4) is 0 Å². The van der Waals surface area contributed by atoms with Crippen molar-refractivity contribution in [3.05, 3.63) is 30.1 Å². The normalized spacial score (nSPS) is 25.6. The summed E-state index contributed by atoms with van der Waals surface area (Å²) in [4.78, 5) is 14.3. The first-order chi connectivity index (χ1) is 10.2. The smallest absolute Gasteiger partial charge is 0.225 e. The fourth-order valence-corrected chi connectivity index (χ4v) is 3.35. The number of fused-ring (bicyclic) bond motifs is 1. The van der Waals surface area contributed by atoms with Gasteiger partial charge in [0.15, 0.2) is 0 Å². The molecule has 1 aromatic rings. The molecular weight excluding hydrogens is 269 g/mol. The van der Waals surface area contributed by atoms with Crippen LogP contribution < -0.4 is 10.6 Å². The van der Waals surface area contributed by atoms with Crippen molar-refractivity contribution in [2.45, 2.75) is 25.3 Å². The summed E-state index contributed by atoms with van der Waals surface area (Å²) in [5, 5.41) is 6.19. The Bertz CT molecular complexity index is 494. The van der Waals surface area contributed by atoms with Gasteiger partial charge in [-0.1, -0.05) is 12.1 Å².